The second kappa shape index (κ2) is 17.2. The van der Waals surface area contributed by atoms with Gasteiger partial charge < -0.3 is 0 Å². The molecule has 1 aromatic heterocycles. The van der Waals surface area contributed by atoms with E-state index in [4.69, 9.17) is 0 Å². The summed E-state index contributed by atoms with van der Waals surface area (Å²) in [7, 11) is -3.37. The number of alkyl halides is 3. The molecule has 2 rings (SSSR count). The maximum absolute atomic E-state index is 12.9. The van der Waals surface area contributed by atoms with E-state index in [9.17, 15) is 21.6 Å². The molecule has 1 aromatic carbocycles. The maximum Gasteiger partial charge on any atom is 0.434 e. The van der Waals surface area contributed by atoms with Gasteiger partial charge in [0.2, 0.25) is 0 Å². The van der Waals surface area contributed by atoms with Crippen LogP contribution in [0, 0.1) is 0 Å². The smallest absolute Gasteiger partial charge is 0.299 e. The number of aromatic nitrogens is 2. The molecule has 4 nitrogen and oxygen atoms in total. The van der Waals surface area contributed by atoms with Crippen molar-refractivity contribution in [3.63, 3.8) is 0 Å². The van der Waals surface area contributed by atoms with Crippen molar-refractivity contribution in [1.82, 2.24) is 9.55 Å². The quantitative estimate of drug-likeness (QED) is 0.420. The molecule has 0 aliphatic heterocycles. The molecule has 8 heteroatoms. The van der Waals surface area contributed by atoms with Gasteiger partial charge in [-0.25, -0.2) is 13.4 Å². The Hall–Kier alpha value is -2.35. The fourth-order valence-corrected chi connectivity index (χ4v) is 2.61. The van der Waals surface area contributed by atoms with Crippen molar-refractivity contribution < 1.29 is 21.6 Å². The van der Waals surface area contributed by atoms with Crippen LogP contribution in [0.4, 0.5) is 13.2 Å². The van der Waals surface area contributed by atoms with E-state index < -0.39 is 21.7 Å². The van der Waals surface area contributed by atoms with Gasteiger partial charge in [-0.05, 0) is 43.2 Å². The molecule has 0 atom stereocenters. The van der Waals surface area contributed by atoms with Crippen LogP contribution in [0.2, 0.25) is 0 Å². The summed E-state index contributed by atoms with van der Waals surface area (Å²) in [5.41, 5.74) is -0.188. The Kier molecular flexibility index (Phi) is 18.5. The molecule has 2 aromatic rings. The number of halogens is 3. The lowest BCUT2D eigenvalue weighted by Crippen LogP contribution is -2.05. The molecule has 0 saturated heterocycles. The third-order valence-corrected chi connectivity index (χ3v) is 4.41. The Morgan fingerprint density at radius 3 is 1.78 bits per heavy atom. The second-order valence-corrected chi connectivity index (χ2v) is 7.46. The zero-order chi connectivity index (χ0) is 26.1. The van der Waals surface area contributed by atoms with Gasteiger partial charge in [-0.1, -0.05) is 61.1 Å². The monoisotopic (exact) mass is 476 g/mol. The third-order valence-electron chi connectivity index (χ3n) is 3.28. The van der Waals surface area contributed by atoms with Gasteiger partial charge in [-0.3, -0.25) is 4.57 Å². The molecule has 0 bridgehead atoms. The SMILES string of the molecule is C=C(CC)c1nc(C(F)(F)F)cn1-c1ccc(S(C)(=O)=O)cc1.C=CC.CC.CC.CC. The topological polar surface area (TPSA) is 52.0 Å². The summed E-state index contributed by atoms with van der Waals surface area (Å²) in [5, 5.41) is 0. The van der Waals surface area contributed by atoms with Gasteiger partial charge in [0.05, 0.1) is 4.90 Å². The molecule has 1 heterocycles. The van der Waals surface area contributed by atoms with Crippen LogP contribution in [-0.4, -0.2) is 24.2 Å². The number of hydrogen-bond donors (Lipinski definition) is 0. The number of sulfone groups is 1. The minimum Gasteiger partial charge on any atom is -0.299 e. The number of benzene rings is 1. The van der Waals surface area contributed by atoms with E-state index in [2.05, 4.69) is 18.1 Å². The van der Waals surface area contributed by atoms with Gasteiger partial charge in [0, 0.05) is 18.1 Å². The second-order valence-electron chi connectivity index (χ2n) is 5.45. The zero-order valence-electron chi connectivity index (χ0n) is 20.8. The van der Waals surface area contributed by atoms with Crippen molar-refractivity contribution in [2.24, 2.45) is 0 Å². The molecule has 0 amide bonds. The molecule has 0 fully saturated rings. The van der Waals surface area contributed by atoms with Crippen LogP contribution in [0.15, 0.2) is 54.6 Å². The predicted molar refractivity (Wildman–Crippen MR) is 131 cm³/mol. The lowest BCUT2D eigenvalue weighted by atomic mass is 10.2. The highest BCUT2D eigenvalue weighted by Crippen LogP contribution is 2.31. The first kappa shape index (κ1) is 34.3. The van der Waals surface area contributed by atoms with Gasteiger partial charge in [0.15, 0.2) is 15.5 Å². The summed E-state index contributed by atoms with van der Waals surface area (Å²) in [4.78, 5) is 3.71. The zero-order valence-corrected chi connectivity index (χ0v) is 21.7. The van der Waals surface area contributed by atoms with E-state index in [1.807, 2.05) is 48.5 Å². The molecule has 32 heavy (non-hydrogen) atoms. The van der Waals surface area contributed by atoms with Crippen LogP contribution in [-0.2, 0) is 16.0 Å². The number of allylic oxidation sites excluding steroid dienone is 2. The van der Waals surface area contributed by atoms with E-state index in [-0.39, 0.29) is 10.7 Å². The molecule has 0 radical (unpaired) electrons. The Labute approximate surface area is 192 Å². The highest BCUT2D eigenvalue weighted by Gasteiger charge is 2.35. The minimum absolute atomic E-state index is 0.0910. The van der Waals surface area contributed by atoms with Gasteiger partial charge >= 0.3 is 6.18 Å². The summed E-state index contributed by atoms with van der Waals surface area (Å²) in [6, 6.07) is 5.56. The molecule has 0 saturated carbocycles. The lowest BCUT2D eigenvalue weighted by molar-refractivity contribution is -0.140. The third kappa shape index (κ3) is 11.3. The molecular weight excluding hydrogens is 437 g/mol. The number of imidazole rings is 1. The normalized spacial score (nSPS) is 9.88. The van der Waals surface area contributed by atoms with Gasteiger partial charge in [-0.15, -0.1) is 6.58 Å². The molecule has 0 N–H and O–H groups in total. The summed E-state index contributed by atoms with van der Waals surface area (Å²) in [6.45, 7) is 22.8. The molecular formula is C24H39F3N2O2S. The van der Waals surface area contributed by atoms with Crippen molar-refractivity contribution in [2.45, 2.75) is 72.9 Å². The van der Waals surface area contributed by atoms with E-state index in [1.165, 1.54) is 28.8 Å². The average Bonchev–Trinajstić information content (AvgIpc) is 3.24. The highest BCUT2D eigenvalue weighted by molar-refractivity contribution is 7.90. The maximum atomic E-state index is 12.9. The van der Waals surface area contributed by atoms with Crippen molar-refractivity contribution in [3.8, 4) is 5.69 Å². The fourth-order valence-electron chi connectivity index (χ4n) is 1.98. The summed E-state index contributed by atoms with van der Waals surface area (Å²) >= 11 is 0. The average molecular weight is 477 g/mol. The van der Waals surface area contributed by atoms with E-state index in [1.54, 1.807) is 13.0 Å². The van der Waals surface area contributed by atoms with Crippen molar-refractivity contribution in [3.05, 3.63) is 61.2 Å². The summed E-state index contributed by atoms with van der Waals surface area (Å²) in [6.07, 6.45) is -0.437. The van der Waals surface area contributed by atoms with Gasteiger partial charge in [-0.2, -0.15) is 13.2 Å². The molecule has 0 aliphatic carbocycles. The van der Waals surface area contributed by atoms with Crippen molar-refractivity contribution in [1.29, 1.82) is 0 Å². The van der Waals surface area contributed by atoms with E-state index in [0.717, 1.165) is 12.5 Å². The van der Waals surface area contributed by atoms with Crippen LogP contribution >= 0.6 is 0 Å². The molecule has 0 unspecified atom stereocenters. The van der Waals surface area contributed by atoms with Crippen LogP contribution in [0.3, 0.4) is 0 Å². The number of nitrogens with zero attached hydrogens (tertiary/aromatic N) is 2. The minimum atomic E-state index is -4.57. The first-order valence-corrected chi connectivity index (χ1v) is 12.6. The highest BCUT2D eigenvalue weighted by atomic mass is 32.2. The van der Waals surface area contributed by atoms with Gasteiger partial charge in [0.1, 0.15) is 5.82 Å². The Balaban J connectivity index is -0.000000822. The van der Waals surface area contributed by atoms with Crippen molar-refractivity contribution >= 4 is 15.4 Å². The summed E-state index contributed by atoms with van der Waals surface area (Å²) in [5.74, 6) is 0.104. The lowest BCUT2D eigenvalue weighted by Gasteiger charge is -2.09. The largest absolute Gasteiger partial charge is 0.434 e. The van der Waals surface area contributed by atoms with Crippen LogP contribution in [0.5, 0.6) is 0 Å². The fraction of sp³-hybridized carbons (Fsp3) is 0.458. The molecule has 0 spiro atoms. The van der Waals surface area contributed by atoms with Crippen LogP contribution < -0.4 is 0 Å². The Morgan fingerprint density at radius 1 is 1.06 bits per heavy atom. The standard InChI is InChI=1S/C15H15F3N2O2S.C3H6.3C2H6/c1-4-10(2)14-19-13(15(16,17)18)9-20(14)11-5-7-12(8-6-11)23(3,21)22;1-3-2;3*1-2/h5-9H,2,4H2,1,3H3;3H,1H2,2H3;3*1-2H3. The van der Waals surface area contributed by atoms with Crippen LogP contribution in [0.1, 0.15) is 73.3 Å². The van der Waals surface area contributed by atoms with E-state index in [0.29, 0.717) is 17.7 Å². The first-order chi connectivity index (χ1) is 15.0. The van der Waals surface area contributed by atoms with E-state index >= 15 is 0 Å². The molecule has 0 aliphatic rings. The summed E-state index contributed by atoms with van der Waals surface area (Å²) < 4.78 is 62.9. The number of rotatable bonds is 4. The van der Waals surface area contributed by atoms with Gasteiger partial charge in [0.25, 0.3) is 0 Å². The first-order valence-electron chi connectivity index (χ1n) is 10.7. The number of hydrogen-bond acceptors (Lipinski definition) is 3. The Bertz CT molecular complexity index is 883. The molecule has 184 valence electrons. The van der Waals surface area contributed by atoms with Crippen molar-refractivity contribution in [2.75, 3.05) is 6.26 Å². The Morgan fingerprint density at radius 2 is 1.47 bits per heavy atom. The predicted octanol–water partition coefficient (Wildman–Crippen LogP) is 7.99. The van der Waals surface area contributed by atoms with Crippen LogP contribution in [0.25, 0.3) is 11.3 Å².